The molecule has 3 aromatic rings. The van der Waals surface area contributed by atoms with Gasteiger partial charge >= 0.3 is 0 Å². The molecule has 1 unspecified atom stereocenters. The Bertz CT molecular complexity index is 1070. The van der Waals surface area contributed by atoms with Crippen LogP contribution in [0, 0.1) is 5.82 Å². The van der Waals surface area contributed by atoms with Gasteiger partial charge < -0.3 is 9.64 Å². The number of hydrogen-bond donors (Lipinski definition) is 0. The summed E-state index contributed by atoms with van der Waals surface area (Å²) in [6.45, 7) is 5.39. The van der Waals surface area contributed by atoms with E-state index in [1.807, 2.05) is 36.1 Å². The number of para-hydroxylation sites is 1. The smallest absolute Gasteiger partial charge is 0.233 e. The lowest BCUT2D eigenvalue weighted by Gasteiger charge is -2.33. The number of halogens is 1. The van der Waals surface area contributed by atoms with Gasteiger partial charge in [0.15, 0.2) is 11.0 Å². The Balaban J connectivity index is 1.64. The summed E-state index contributed by atoms with van der Waals surface area (Å²) in [7, 11) is 0. The Morgan fingerprint density at radius 1 is 1.16 bits per heavy atom. The number of amides is 1. The molecule has 1 fully saturated rings. The van der Waals surface area contributed by atoms with Crippen molar-refractivity contribution < 1.29 is 13.9 Å². The van der Waals surface area contributed by atoms with Crippen molar-refractivity contribution in [2.45, 2.75) is 44.3 Å². The number of carbonyl (C=O) groups excluding carboxylic acids is 1. The van der Waals surface area contributed by atoms with Crippen molar-refractivity contribution >= 4 is 17.7 Å². The molecule has 4 rings (SSSR count). The Morgan fingerprint density at radius 3 is 2.66 bits per heavy atom. The molecule has 0 aliphatic carbocycles. The Kier molecular flexibility index (Phi) is 7.09. The minimum atomic E-state index is -0.377. The molecular weight excluding hydrogens is 427 g/mol. The van der Waals surface area contributed by atoms with E-state index < -0.39 is 0 Å². The summed E-state index contributed by atoms with van der Waals surface area (Å²) in [6, 6.07) is 14.2. The zero-order valence-electron chi connectivity index (χ0n) is 18.3. The fourth-order valence-corrected chi connectivity index (χ4v) is 4.78. The van der Waals surface area contributed by atoms with Crippen LogP contribution in [0.15, 0.2) is 53.7 Å². The number of nitrogens with zero attached hydrogens (tertiary/aromatic N) is 4. The number of ether oxygens (including phenoxy) is 1. The lowest BCUT2D eigenvalue weighted by Crippen LogP contribution is -2.42. The number of rotatable bonds is 7. The van der Waals surface area contributed by atoms with Crippen LogP contribution in [0.3, 0.4) is 0 Å². The van der Waals surface area contributed by atoms with Gasteiger partial charge in [0, 0.05) is 18.2 Å². The molecule has 1 saturated heterocycles. The van der Waals surface area contributed by atoms with Crippen molar-refractivity contribution in [1.29, 1.82) is 0 Å². The molecule has 0 spiro atoms. The van der Waals surface area contributed by atoms with E-state index in [0.29, 0.717) is 23.3 Å². The monoisotopic (exact) mass is 454 g/mol. The molecule has 1 aliphatic heterocycles. The summed E-state index contributed by atoms with van der Waals surface area (Å²) in [4.78, 5) is 14.8. The van der Waals surface area contributed by atoms with E-state index >= 15 is 0 Å². The third-order valence-electron chi connectivity index (χ3n) is 5.60. The summed E-state index contributed by atoms with van der Waals surface area (Å²) in [5.41, 5.74) is 1.13. The highest BCUT2D eigenvalue weighted by Crippen LogP contribution is 2.30. The predicted octanol–water partition coefficient (Wildman–Crippen LogP) is 4.97. The van der Waals surface area contributed by atoms with Crippen LogP contribution < -0.4 is 4.74 Å². The lowest BCUT2D eigenvalue weighted by molar-refractivity contribution is -0.131. The van der Waals surface area contributed by atoms with Crippen molar-refractivity contribution in [2.75, 3.05) is 18.9 Å². The fourth-order valence-electron chi connectivity index (χ4n) is 3.95. The minimum absolute atomic E-state index is 0.0768. The van der Waals surface area contributed by atoms with E-state index in [4.69, 9.17) is 4.74 Å². The SMILES string of the molecule is CCOc1ccc(-c2nnc(SCC(=O)N3CCCCC3C)n2-c2ccccc2F)cc1. The molecule has 168 valence electrons. The summed E-state index contributed by atoms with van der Waals surface area (Å²) in [5, 5.41) is 9.14. The normalized spacial score (nSPS) is 16.2. The van der Waals surface area contributed by atoms with Crippen molar-refractivity contribution in [2.24, 2.45) is 0 Å². The maximum atomic E-state index is 14.8. The van der Waals surface area contributed by atoms with Crippen LogP contribution in [0.25, 0.3) is 17.1 Å². The minimum Gasteiger partial charge on any atom is -0.494 e. The molecule has 0 saturated carbocycles. The molecule has 32 heavy (non-hydrogen) atoms. The molecule has 1 aliphatic rings. The van der Waals surface area contributed by atoms with Crippen molar-refractivity contribution in [3.05, 3.63) is 54.3 Å². The number of benzene rings is 2. The highest BCUT2D eigenvalue weighted by molar-refractivity contribution is 7.99. The van der Waals surface area contributed by atoms with E-state index in [0.717, 1.165) is 37.1 Å². The maximum absolute atomic E-state index is 14.8. The number of hydrogen-bond acceptors (Lipinski definition) is 5. The molecule has 0 radical (unpaired) electrons. The Hall–Kier alpha value is -2.87. The molecule has 2 heterocycles. The van der Waals surface area contributed by atoms with Crippen LogP contribution >= 0.6 is 11.8 Å². The maximum Gasteiger partial charge on any atom is 0.233 e. The van der Waals surface area contributed by atoms with Gasteiger partial charge in [0.25, 0.3) is 0 Å². The molecule has 1 amide bonds. The third-order valence-corrected chi connectivity index (χ3v) is 6.51. The van der Waals surface area contributed by atoms with Crippen LogP contribution in [-0.2, 0) is 4.79 Å². The van der Waals surface area contributed by atoms with Crippen LogP contribution in [0.1, 0.15) is 33.1 Å². The third kappa shape index (κ3) is 4.80. The van der Waals surface area contributed by atoms with E-state index in [1.54, 1.807) is 22.8 Å². The Morgan fingerprint density at radius 2 is 1.94 bits per heavy atom. The number of carbonyl (C=O) groups is 1. The molecule has 0 N–H and O–H groups in total. The van der Waals surface area contributed by atoms with Crippen LogP contribution in [0.4, 0.5) is 4.39 Å². The lowest BCUT2D eigenvalue weighted by atomic mass is 10.0. The second-order valence-electron chi connectivity index (χ2n) is 7.77. The first-order valence-corrected chi connectivity index (χ1v) is 11.9. The van der Waals surface area contributed by atoms with Crippen LogP contribution in [0.5, 0.6) is 5.75 Å². The highest BCUT2D eigenvalue weighted by atomic mass is 32.2. The van der Waals surface area contributed by atoms with Gasteiger partial charge in [-0.1, -0.05) is 23.9 Å². The van der Waals surface area contributed by atoms with Gasteiger partial charge in [0.2, 0.25) is 5.91 Å². The number of piperidine rings is 1. The highest BCUT2D eigenvalue weighted by Gasteiger charge is 2.25. The molecule has 8 heteroatoms. The first kappa shape index (κ1) is 22.3. The second kappa shape index (κ2) is 10.2. The second-order valence-corrected chi connectivity index (χ2v) is 8.71. The predicted molar refractivity (Wildman–Crippen MR) is 124 cm³/mol. The quantitative estimate of drug-likeness (QED) is 0.472. The number of likely N-dealkylation sites (tertiary alicyclic amines) is 1. The van der Waals surface area contributed by atoms with E-state index in [-0.39, 0.29) is 23.5 Å². The average molecular weight is 455 g/mol. The van der Waals surface area contributed by atoms with E-state index in [1.165, 1.54) is 17.8 Å². The first-order valence-electron chi connectivity index (χ1n) is 10.9. The van der Waals surface area contributed by atoms with Gasteiger partial charge in [0.1, 0.15) is 11.6 Å². The first-order chi connectivity index (χ1) is 15.6. The van der Waals surface area contributed by atoms with E-state index in [2.05, 4.69) is 17.1 Å². The van der Waals surface area contributed by atoms with Gasteiger partial charge in [0.05, 0.1) is 18.0 Å². The van der Waals surface area contributed by atoms with Gasteiger partial charge in [-0.2, -0.15) is 0 Å². The van der Waals surface area contributed by atoms with Gasteiger partial charge in [-0.05, 0) is 69.5 Å². The van der Waals surface area contributed by atoms with Crippen LogP contribution in [-0.4, -0.2) is 50.5 Å². The van der Waals surface area contributed by atoms with Crippen molar-refractivity contribution in [3.63, 3.8) is 0 Å². The molecule has 0 bridgehead atoms. The van der Waals surface area contributed by atoms with Gasteiger partial charge in [-0.15, -0.1) is 10.2 Å². The standard InChI is InChI=1S/C24H27FN4O2S/c1-3-31-19-13-11-18(12-14-19)23-26-27-24(29(23)21-10-5-4-9-20(21)25)32-16-22(30)28-15-7-6-8-17(28)2/h4-5,9-14,17H,3,6-8,15-16H2,1-2H3. The molecule has 1 atom stereocenters. The summed E-state index contributed by atoms with van der Waals surface area (Å²) < 4.78 is 22.0. The molecule has 6 nitrogen and oxygen atoms in total. The van der Waals surface area contributed by atoms with Crippen LogP contribution in [0.2, 0.25) is 0 Å². The van der Waals surface area contributed by atoms with Gasteiger partial charge in [-0.25, -0.2) is 4.39 Å². The summed E-state index contributed by atoms with van der Waals surface area (Å²) >= 11 is 1.29. The topological polar surface area (TPSA) is 60.3 Å². The number of thioether (sulfide) groups is 1. The van der Waals surface area contributed by atoms with Crippen molar-refractivity contribution in [3.8, 4) is 22.8 Å². The van der Waals surface area contributed by atoms with Gasteiger partial charge in [-0.3, -0.25) is 9.36 Å². The fraction of sp³-hybridized carbons (Fsp3) is 0.375. The number of aromatic nitrogens is 3. The largest absolute Gasteiger partial charge is 0.494 e. The molecular formula is C24H27FN4O2S. The molecule has 2 aromatic carbocycles. The van der Waals surface area contributed by atoms with Crippen molar-refractivity contribution in [1.82, 2.24) is 19.7 Å². The summed E-state index contributed by atoms with van der Waals surface area (Å²) in [5.74, 6) is 1.20. The molecule has 1 aromatic heterocycles. The zero-order valence-corrected chi connectivity index (χ0v) is 19.1. The average Bonchev–Trinajstić information content (AvgIpc) is 3.22. The summed E-state index contributed by atoms with van der Waals surface area (Å²) in [6.07, 6.45) is 3.23. The Labute approximate surface area is 191 Å². The zero-order chi connectivity index (χ0) is 22.5. The van der Waals surface area contributed by atoms with E-state index in [9.17, 15) is 9.18 Å².